The molecule has 0 amide bonds. The second-order valence-corrected chi connectivity index (χ2v) is 7.50. The van der Waals surface area contributed by atoms with Crippen LogP contribution in [-0.4, -0.2) is 5.11 Å². The predicted molar refractivity (Wildman–Crippen MR) is 119 cm³/mol. The van der Waals surface area contributed by atoms with E-state index < -0.39 is 11.7 Å². The van der Waals surface area contributed by atoms with Crippen molar-refractivity contribution < 1.29 is 18.3 Å². The van der Waals surface area contributed by atoms with Gasteiger partial charge in [0, 0.05) is 5.56 Å². The van der Waals surface area contributed by atoms with E-state index in [0.29, 0.717) is 11.1 Å². The number of phenolic OH excluding ortho intramolecular Hbond substituents is 1. The van der Waals surface area contributed by atoms with Gasteiger partial charge >= 0.3 is 6.18 Å². The van der Waals surface area contributed by atoms with Crippen molar-refractivity contribution >= 4 is 21.5 Å². The number of fused-ring (bicyclic) bond motifs is 2. The first-order valence-electron chi connectivity index (χ1n) is 9.83. The average molecular weight is 414 g/mol. The zero-order chi connectivity index (χ0) is 21.6. The zero-order valence-electron chi connectivity index (χ0n) is 16.3. The lowest BCUT2D eigenvalue weighted by atomic mass is 9.90. The molecule has 0 spiro atoms. The molecule has 0 atom stereocenters. The van der Waals surface area contributed by atoms with Crippen LogP contribution in [0.1, 0.15) is 5.56 Å². The maximum absolute atomic E-state index is 13.0. The molecule has 4 heteroatoms. The highest BCUT2D eigenvalue weighted by Crippen LogP contribution is 2.42. The van der Waals surface area contributed by atoms with Crippen LogP contribution in [0.4, 0.5) is 13.2 Å². The van der Waals surface area contributed by atoms with E-state index in [9.17, 15) is 18.3 Å². The fourth-order valence-corrected chi connectivity index (χ4v) is 4.08. The minimum Gasteiger partial charge on any atom is -0.507 e. The van der Waals surface area contributed by atoms with E-state index in [4.69, 9.17) is 0 Å². The molecular weight excluding hydrogens is 397 g/mol. The first-order chi connectivity index (χ1) is 14.9. The Morgan fingerprint density at radius 2 is 1.23 bits per heavy atom. The van der Waals surface area contributed by atoms with Crippen molar-refractivity contribution in [2.75, 3.05) is 0 Å². The normalized spacial score (nSPS) is 11.8. The van der Waals surface area contributed by atoms with Crippen LogP contribution in [0.25, 0.3) is 43.8 Å². The summed E-state index contributed by atoms with van der Waals surface area (Å²) in [5.74, 6) is 0.161. The second-order valence-electron chi connectivity index (χ2n) is 7.50. The fourth-order valence-electron chi connectivity index (χ4n) is 4.08. The number of aromatic hydroxyl groups is 1. The highest BCUT2D eigenvalue weighted by Gasteiger charge is 2.30. The van der Waals surface area contributed by atoms with Crippen LogP contribution in [0.2, 0.25) is 0 Å². The van der Waals surface area contributed by atoms with Crippen LogP contribution in [-0.2, 0) is 6.18 Å². The second kappa shape index (κ2) is 7.17. The number of rotatable bonds is 2. The van der Waals surface area contributed by atoms with Crippen molar-refractivity contribution in [1.29, 1.82) is 0 Å². The molecule has 0 fully saturated rings. The summed E-state index contributed by atoms with van der Waals surface area (Å²) in [6, 6.07) is 28.2. The summed E-state index contributed by atoms with van der Waals surface area (Å²) in [6.07, 6.45) is -4.37. The smallest absolute Gasteiger partial charge is 0.416 e. The lowest BCUT2D eigenvalue weighted by Gasteiger charge is -2.15. The molecule has 1 nitrogen and oxygen atoms in total. The summed E-state index contributed by atoms with van der Waals surface area (Å²) in [4.78, 5) is 0. The monoisotopic (exact) mass is 414 g/mol. The molecule has 31 heavy (non-hydrogen) atoms. The van der Waals surface area contributed by atoms with Gasteiger partial charge in [0.05, 0.1) is 5.56 Å². The number of alkyl halides is 3. The van der Waals surface area contributed by atoms with Crippen LogP contribution >= 0.6 is 0 Å². The third-order valence-electron chi connectivity index (χ3n) is 5.58. The van der Waals surface area contributed by atoms with E-state index in [1.54, 1.807) is 6.07 Å². The van der Waals surface area contributed by atoms with Crippen molar-refractivity contribution in [3.63, 3.8) is 0 Å². The highest BCUT2D eigenvalue weighted by molar-refractivity contribution is 6.09. The Morgan fingerprint density at radius 1 is 0.581 bits per heavy atom. The number of phenols is 1. The molecule has 5 aromatic carbocycles. The first kappa shape index (κ1) is 19.2. The average Bonchev–Trinajstić information content (AvgIpc) is 2.78. The lowest BCUT2D eigenvalue weighted by Crippen LogP contribution is -2.03. The Morgan fingerprint density at radius 3 is 1.94 bits per heavy atom. The van der Waals surface area contributed by atoms with Crippen molar-refractivity contribution in [3.05, 3.63) is 103 Å². The molecule has 0 aliphatic rings. The van der Waals surface area contributed by atoms with Gasteiger partial charge in [0.1, 0.15) is 5.75 Å². The summed E-state index contributed by atoms with van der Waals surface area (Å²) in [7, 11) is 0. The Kier molecular flexibility index (Phi) is 4.44. The van der Waals surface area contributed by atoms with Crippen LogP contribution < -0.4 is 0 Å². The number of halogens is 3. The standard InChI is InChI=1S/C27H17F3O/c28-27(29,30)21-12-9-17(10-13-21)20-15-19-6-2-3-7-22(19)24(16-20)26-23-8-4-1-5-18(23)11-14-25(26)31/h1-16,31H. The molecule has 152 valence electrons. The minimum absolute atomic E-state index is 0.161. The summed E-state index contributed by atoms with van der Waals surface area (Å²) < 4.78 is 38.9. The van der Waals surface area contributed by atoms with Crippen LogP contribution in [0, 0.1) is 0 Å². The molecule has 0 radical (unpaired) electrons. The Labute approximate surface area is 177 Å². The SMILES string of the molecule is Oc1ccc2ccccc2c1-c1cc(-c2ccc(C(F)(F)F)cc2)cc2ccccc12. The van der Waals surface area contributed by atoms with Gasteiger partial charge in [-0.3, -0.25) is 0 Å². The molecule has 0 unspecified atom stereocenters. The summed E-state index contributed by atoms with van der Waals surface area (Å²) >= 11 is 0. The van der Waals surface area contributed by atoms with Gasteiger partial charge in [-0.15, -0.1) is 0 Å². The van der Waals surface area contributed by atoms with E-state index in [1.165, 1.54) is 12.1 Å². The third-order valence-corrected chi connectivity index (χ3v) is 5.58. The number of hydrogen-bond donors (Lipinski definition) is 1. The van der Waals surface area contributed by atoms with Crippen LogP contribution in [0.15, 0.2) is 97.1 Å². The van der Waals surface area contributed by atoms with Gasteiger partial charge in [-0.2, -0.15) is 13.2 Å². The zero-order valence-corrected chi connectivity index (χ0v) is 16.3. The van der Waals surface area contributed by atoms with E-state index in [-0.39, 0.29) is 5.75 Å². The molecule has 1 N–H and O–H groups in total. The highest BCUT2D eigenvalue weighted by atomic mass is 19.4. The van der Waals surface area contributed by atoms with E-state index in [0.717, 1.165) is 44.8 Å². The van der Waals surface area contributed by atoms with E-state index in [1.807, 2.05) is 66.7 Å². The molecule has 0 saturated heterocycles. The lowest BCUT2D eigenvalue weighted by molar-refractivity contribution is -0.137. The predicted octanol–water partition coefficient (Wildman–Crippen LogP) is 8.05. The van der Waals surface area contributed by atoms with Gasteiger partial charge in [-0.25, -0.2) is 0 Å². The van der Waals surface area contributed by atoms with Crippen LogP contribution in [0.5, 0.6) is 5.75 Å². The Balaban J connectivity index is 1.78. The van der Waals surface area contributed by atoms with Crippen molar-refractivity contribution in [3.8, 4) is 28.0 Å². The quantitative estimate of drug-likeness (QED) is 0.310. The number of benzene rings is 5. The summed E-state index contributed by atoms with van der Waals surface area (Å²) in [6.45, 7) is 0. The van der Waals surface area contributed by atoms with Crippen molar-refractivity contribution in [2.24, 2.45) is 0 Å². The summed E-state index contributed by atoms with van der Waals surface area (Å²) in [5, 5.41) is 14.6. The molecule has 0 aliphatic carbocycles. The van der Waals surface area contributed by atoms with Crippen molar-refractivity contribution in [1.82, 2.24) is 0 Å². The molecule has 5 rings (SSSR count). The van der Waals surface area contributed by atoms with Crippen molar-refractivity contribution in [2.45, 2.75) is 6.18 Å². The maximum Gasteiger partial charge on any atom is 0.416 e. The molecule has 5 aromatic rings. The van der Waals surface area contributed by atoms with Crippen LogP contribution in [0.3, 0.4) is 0 Å². The molecule has 0 aromatic heterocycles. The maximum atomic E-state index is 13.0. The van der Waals surface area contributed by atoms with Gasteiger partial charge in [0.25, 0.3) is 0 Å². The molecule has 0 saturated carbocycles. The third kappa shape index (κ3) is 3.40. The van der Waals surface area contributed by atoms with Gasteiger partial charge < -0.3 is 5.11 Å². The largest absolute Gasteiger partial charge is 0.507 e. The number of hydrogen-bond acceptors (Lipinski definition) is 1. The Hall–Kier alpha value is -3.79. The van der Waals surface area contributed by atoms with E-state index in [2.05, 4.69) is 0 Å². The Bertz CT molecular complexity index is 1420. The summed E-state index contributed by atoms with van der Waals surface area (Å²) in [5.41, 5.74) is 2.34. The van der Waals surface area contributed by atoms with Gasteiger partial charge in [-0.05, 0) is 68.6 Å². The fraction of sp³-hybridized carbons (Fsp3) is 0.0370. The molecule has 0 aliphatic heterocycles. The molecular formula is C27H17F3O. The first-order valence-corrected chi connectivity index (χ1v) is 9.83. The van der Waals surface area contributed by atoms with Gasteiger partial charge in [-0.1, -0.05) is 66.7 Å². The van der Waals surface area contributed by atoms with Gasteiger partial charge in [0.15, 0.2) is 0 Å². The minimum atomic E-state index is -4.37. The molecule has 0 bridgehead atoms. The van der Waals surface area contributed by atoms with E-state index >= 15 is 0 Å². The molecule has 0 heterocycles. The topological polar surface area (TPSA) is 20.2 Å². The van der Waals surface area contributed by atoms with Gasteiger partial charge in [0.2, 0.25) is 0 Å².